The summed E-state index contributed by atoms with van der Waals surface area (Å²) in [7, 11) is 0. The lowest BCUT2D eigenvalue weighted by atomic mass is 10.1. The van der Waals surface area contributed by atoms with Crippen molar-refractivity contribution < 1.29 is 9.90 Å². The zero-order valence-electron chi connectivity index (χ0n) is 11.5. The smallest absolute Gasteiger partial charge is 0.337 e. The van der Waals surface area contributed by atoms with Crippen molar-refractivity contribution in [3.05, 3.63) is 64.1 Å². The summed E-state index contributed by atoms with van der Waals surface area (Å²) in [5.41, 5.74) is 2.54. The minimum absolute atomic E-state index is 0.0912. The van der Waals surface area contributed by atoms with Gasteiger partial charge in [0.05, 0.1) is 22.3 Å². The Kier molecular flexibility index (Phi) is 3.10. The van der Waals surface area contributed by atoms with E-state index in [1.165, 1.54) is 16.2 Å². The first-order valence-electron chi connectivity index (χ1n) is 6.68. The van der Waals surface area contributed by atoms with Gasteiger partial charge in [0.25, 0.3) is 0 Å². The number of hydrogen-bond acceptors (Lipinski definition) is 2. The lowest BCUT2D eigenvalue weighted by Crippen LogP contribution is -2.14. The highest BCUT2D eigenvalue weighted by molar-refractivity contribution is 6.01. The predicted molar refractivity (Wildman–Crippen MR) is 80.2 cm³/mol. The number of hydrogen-bond donors (Lipinski definition) is 2. The Labute approximate surface area is 120 Å². The fraction of sp³-hybridized carbons (Fsp3) is 0.125. The molecule has 2 aromatic carbocycles. The Balaban J connectivity index is 2.27. The maximum atomic E-state index is 12.2. The van der Waals surface area contributed by atoms with E-state index in [1.54, 1.807) is 12.1 Å². The summed E-state index contributed by atoms with van der Waals surface area (Å²) in [5, 5.41) is 9.19. The number of nitrogens with one attached hydrogen (secondary N) is 1. The van der Waals surface area contributed by atoms with Crippen LogP contribution >= 0.6 is 0 Å². The quantitative estimate of drug-likeness (QED) is 0.775. The number of carboxylic acid groups (broad SMARTS) is 1. The highest BCUT2D eigenvalue weighted by atomic mass is 16.4. The normalized spacial score (nSPS) is 10.9. The number of nitrogens with zero attached hydrogens (tertiary/aromatic N) is 1. The Morgan fingerprint density at radius 1 is 1.19 bits per heavy atom. The monoisotopic (exact) mass is 282 g/mol. The van der Waals surface area contributed by atoms with Gasteiger partial charge < -0.3 is 10.1 Å². The number of aromatic carboxylic acids is 1. The average molecular weight is 282 g/mol. The van der Waals surface area contributed by atoms with E-state index in [1.807, 2.05) is 24.3 Å². The lowest BCUT2D eigenvalue weighted by Gasteiger charge is -2.05. The highest BCUT2D eigenvalue weighted by Crippen LogP contribution is 2.19. The largest absolute Gasteiger partial charge is 0.478 e. The fourth-order valence-corrected chi connectivity index (χ4v) is 2.45. The number of para-hydroxylation sites is 1. The van der Waals surface area contributed by atoms with E-state index < -0.39 is 5.97 Å². The van der Waals surface area contributed by atoms with Crippen molar-refractivity contribution in [2.75, 3.05) is 0 Å². The molecule has 0 saturated heterocycles. The van der Waals surface area contributed by atoms with Gasteiger partial charge in [-0.15, -0.1) is 0 Å². The molecule has 3 aromatic rings. The number of carbonyl (C=O) groups is 1. The van der Waals surface area contributed by atoms with E-state index in [9.17, 15) is 14.7 Å². The van der Waals surface area contributed by atoms with Gasteiger partial charge in [0, 0.05) is 0 Å². The van der Waals surface area contributed by atoms with Gasteiger partial charge in [-0.25, -0.2) is 9.59 Å². The Morgan fingerprint density at radius 3 is 2.52 bits per heavy atom. The van der Waals surface area contributed by atoms with E-state index in [-0.39, 0.29) is 11.3 Å². The zero-order chi connectivity index (χ0) is 15.0. The van der Waals surface area contributed by atoms with E-state index in [0.717, 1.165) is 6.42 Å². The molecule has 1 heterocycles. The molecule has 0 aliphatic heterocycles. The Hall–Kier alpha value is -2.82. The summed E-state index contributed by atoms with van der Waals surface area (Å²) in [6, 6.07) is 12.5. The molecule has 0 saturated carbocycles. The van der Waals surface area contributed by atoms with Crippen LogP contribution in [0.1, 0.15) is 22.8 Å². The second-order valence-corrected chi connectivity index (χ2v) is 4.79. The molecule has 106 valence electrons. The van der Waals surface area contributed by atoms with Gasteiger partial charge in [-0.3, -0.25) is 4.57 Å². The van der Waals surface area contributed by atoms with Crippen molar-refractivity contribution in [1.29, 1.82) is 0 Å². The Bertz CT molecular complexity index is 873. The number of H-pyrrole nitrogens is 1. The third-order valence-corrected chi connectivity index (χ3v) is 3.55. The number of aromatic amines is 1. The summed E-state index contributed by atoms with van der Waals surface area (Å²) < 4.78 is 1.49. The van der Waals surface area contributed by atoms with Crippen molar-refractivity contribution in [2.45, 2.75) is 13.3 Å². The molecular weight excluding hydrogens is 268 g/mol. The van der Waals surface area contributed by atoms with Crippen LogP contribution in [0, 0.1) is 0 Å². The molecule has 2 N–H and O–H groups in total. The third-order valence-electron chi connectivity index (χ3n) is 3.55. The minimum Gasteiger partial charge on any atom is -0.478 e. The number of carboxylic acids is 1. The molecule has 0 amide bonds. The van der Waals surface area contributed by atoms with Crippen molar-refractivity contribution in [1.82, 2.24) is 9.55 Å². The topological polar surface area (TPSA) is 75.1 Å². The summed E-state index contributed by atoms with van der Waals surface area (Å²) in [6.45, 7) is 2.06. The summed E-state index contributed by atoms with van der Waals surface area (Å²) >= 11 is 0. The first-order valence-corrected chi connectivity index (χ1v) is 6.68. The van der Waals surface area contributed by atoms with Crippen LogP contribution in [0.15, 0.2) is 47.3 Å². The molecule has 0 fully saturated rings. The van der Waals surface area contributed by atoms with Crippen molar-refractivity contribution in [3.63, 3.8) is 0 Å². The fourth-order valence-electron chi connectivity index (χ4n) is 2.45. The zero-order valence-corrected chi connectivity index (χ0v) is 11.5. The maximum absolute atomic E-state index is 12.2. The van der Waals surface area contributed by atoms with Gasteiger partial charge in [0.1, 0.15) is 0 Å². The molecule has 0 bridgehead atoms. The van der Waals surface area contributed by atoms with Crippen LogP contribution in [-0.2, 0) is 6.42 Å². The molecule has 0 spiro atoms. The third kappa shape index (κ3) is 2.12. The number of benzene rings is 2. The van der Waals surface area contributed by atoms with Crippen LogP contribution in [0.5, 0.6) is 0 Å². The van der Waals surface area contributed by atoms with Crippen molar-refractivity contribution in [2.24, 2.45) is 0 Å². The maximum Gasteiger partial charge on any atom is 0.337 e. The van der Waals surface area contributed by atoms with Crippen molar-refractivity contribution in [3.8, 4) is 5.69 Å². The van der Waals surface area contributed by atoms with Crippen LogP contribution in [0.4, 0.5) is 0 Å². The predicted octanol–water partition coefficient (Wildman–Crippen LogP) is 2.58. The van der Waals surface area contributed by atoms with Gasteiger partial charge in [-0.1, -0.05) is 25.1 Å². The average Bonchev–Trinajstić information content (AvgIpc) is 2.82. The molecular formula is C16H14N2O3. The van der Waals surface area contributed by atoms with Crippen LogP contribution in [0.25, 0.3) is 16.7 Å². The molecule has 0 radical (unpaired) electrons. The number of imidazole rings is 1. The van der Waals surface area contributed by atoms with E-state index >= 15 is 0 Å². The van der Waals surface area contributed by atoms with Gasteiger partial charge in [-0.2, -0.15) is 0 Å². The molecule has 5 nitrogen and oxygen atoms in total. The summed E-state index contributed by atoms with van der Waals surface area (Å²) in [4.78, 5) is 26.0. The SMILES string of the molecule is CCc1ccc(-n2c(=O)[nH]c3c(C(=O)O)cccc32)cc1. The van der Waals surface area contributed by atoms with E-state index in [2.05, 4.69) is 11.9 Å². The van der Waals surface area contributed by atoms with E-state index in [0.29, 0.717) is 16.7 Å². The van der Waals surface area contributed by atoms with Crippen molar-refractivity contribution >= 4 is 17.0 Å². The number of fused-ring (bicyclic) bond motifs is 1. The molecule has 0 atom stereocenters. The summed E-state index contributed by atoms with van der Waals surface area (Å²) in [6.07, 6.45) is 0.923. The first kappa shape index (κ1) is 13.2. The van der Waals surface area contributed by atoms with Crippen LogP contribution < -0.4 is 5.69 Å². The van der Waals surface area contributed by atoms with Gasteiger partial charge in [0.15, 0.2) is 0 Å². The molecule has 0 unspecified atom stereocenters. The highest BCUT2D eigenvalue weighted by Gasteiger charge is 2.15. The van der Waals surface area contributed by atoms with Crippen LogP contribution in [-0.4, -0.2) is 20.6 Å². The first-order chi connectivity index (χ1) is 10.1. The summed E-state index contributed by atoms with van der Waals surface area (Å²) in [5.74, 6) is -1.06. The van der Waals surface area contributed by atoms with Crippen LogP contribution in [0.2, 0.25) is 0 Å². The molecule has 0 aliphatic rings. The molecule has 3 rings (SSSR count). The number of rotatable bonds is 3. The number of aromatic nitrogens is 2. The van der Waals surface area contributed by atoms with Gasteiger partial charge in [0.2, 0.25) is 0 Å². The second-order valence-electron chi connectivity index (χ2n) is 4.79. The minimum atomic E-state index is -1.06. The second kappa shape index (κ2) is 4.94. The molecule has 0 aliphatic carbocycles. The molecule has 1 aromatic heterocycles. The van der Waals surface area contributed by atoms with Crippen LogP contribution in [0.3, 0.4) is 0 Å². The molecule has 5 heteroatoms. The van der Waals surface area contributed by atoms with Gasteiger partial charge in [-0.05, 0) is 36.2 Å². The lowest BCUT2D eigenvalue weighted by molar-refractivity contribution is 0.0699. The Morgan fingerprint density at radius 2 is 1.90 bits per heavy atom. The van der Waals surface area contributed by atoms with E-state index in [4.69, 9.17) is 0 Å². The standard InChI is InChI=1S/C16H14N2O3/c1-2-10-6-8-11(9-7-10)18-13-5-3-4-12(15(19)20)14(13)17-16(18)21/h3-9H,2H2,1H3,(H,17,21)(H,19,20). The number of aryl methyl sites for hydroxylation is 1. The van der Waals surface area contributed by atoms with Gasteiger partial charge >= 0.3 is 11.7 Å². The molecule has 21 heavy (non-hydrogen) atoms.